The van der Waals surface area contributed by atoms with Gasteiger partial charge in [-0.2, -0.15) is 26.3 Å². The second-order valence-corrected chi connectivity index (χ2v) is 11.2. The van der Waals surface area contributed by atoms with E-state index < -0.39 is 51.8 Å². The van der Waals surface area contributed by atoms with Crippen LogP contribution >= 0.6 is 0 Å². The summed E-state index contributed by atoms with van der Waals surface area (Å²) in [6, 6.07) is 8.58. The largest absolute Gasteiger partial charge is 0.416 e. The third-order valence-electron chi connectivity index (χ3n) is 8.30. The minimum absolute atomic E-state index is 0.0340. The first-order valence-corrected chi connectivity index (χ1v) is 13.2. The maximum Gasteiger partial charge on any atom is 0.416 e. The fourth-order valence-corrected chi connectivity index (χ4v) is 5.84. The first-order chi connectivity index (χ1) is 19.0. The maximum absolute atomic E-state index is 14.3. The Bertz CT molecular complexity index is 1270. The molecule has 0 spiro atoms. The molecule has 2 aromatic rings. The normalized spacial score (nSPS) is 22.1. The molecule has 0 bridgehead atoms. The molecule has 0 unspecified atom stereocenters. The molecule has 2 aliphatic heterocycles. The van der Waals surface area contributed by atoms with Crippen molar-refractivity contribution < 1.29 is 40.7 Å². The predicted octanol–water partition coefficient (Wildman–Crippen LogP) is 4.75. The van der Waals surface area contributed by atoms with Crippen LogP contribution in [0.4, 0.5) is 26.3 Å². The average Bonchev–Trinajstić information content (AvgIpc) is 3.37. The number of halogens is 6. The van der Waals surface area contributed by atoms with E-state index in [0.717, 1.165) is 11.1 Å². The smallest absolute Gasteiger partial charge is 0.378 e. The molecular formula is C29H33F6N3O3. The Kier molecular flexibility index (Phi) is 8.23. The zero-order valence-electron chi connectivity index (χ0n) is 23.2. The standard InChI is InChI=1S/C29H33F6N3O3/c1-18-7-5-6-8-22(18)23-16-36-17-27(23,25(40)38-9-11-41-12-10-38)37(4)24(39)26(2,3)19-13-20(28(30,31)32)15-21(14-19)29(33,34)35/h5-8,13-15,23,36H,9-12,16-17H2,1-4H3/t23-,27+/m0/s1. The lowest BCUT2D eigenvalue weighted by Crippen LogP contribution is -2.66. The van der Waals surface area contributed by atoms with Gasteiger partial charge < -0.3 is 19.9 Å². The molecule has 1 N–H and O–H groups in total. The Balaban J connectivity index is 1.84. The molecule has 2 aliphatic rings. The number of rotatable bonds is 5. The number of aryl methyl sites for hydroxylation is 1. The van der Waals surface area contributed by atoms with Gasteiger partial charge in [0.05, 0.1) is 29.8 Å². The van der Waals surface area contributed by atoms with Crippen LogP contribution in [0.3, 0.4) is 0 Å². The van der Waals surface area contributed by atoms with Gasteiger partial charge in [-0.1, -0.05) is 24.3 Å². The second-order valence-electron chi connectivity index (χ2n) is 11.2. The molecule has 0 aliphatic carbocycles. The van der Waals surface area contributed by atoms with Gasteiger partial charge in [-0.15, -0.1) is 0 Å². The summed E-state index contributed by atoms with van der Waals surface area (Å²) in [7, 11) is 1.40. The highest BCUT2D eigenvalue weighted by atomic mass is 19.4. The molecule has 2 amide bonds. The van der Waals surface area contributed by atoms with Gasteiger partial charge in [0.15, 0.2) is 0 Å². The van der Waals surface area contributed by atoms with Crippen molar-refractivity contribution in [2.75, 3.05) is 46.4 Å². The summed E-state index contributed by atoms with van der Waals surface area (Å²) in [5, 5.41) is 3.22. The second kappa shape index (κ2) is 10.9. The quantitative estimate of drug-likeness (QED) is 0.515. The molecule has 2 atom stereocenters. The lowest BCUT2D eigenvalue weighted by Gasteiger charge is -2.47. The van der Waals surface area contributed by atoms with E-state index in [1.54, 1.807) is 4.90 Å². The number of carbonyl (C=O) groups is 2. The minimum atomic E-state index is -5.07. The van der Waals surface area contributed by atoms with Gasteiger partial charge in [-0.25, -0.2) is 0 Å². The molecule has 0 saturated carbocycles. The fourth-order valence-electron chi connectivity index (χ4n) is 5.84. The first kappa shape index (κ1) is 30.8. The molecule has 12 heteroatoms. The van der Waals surface area contributed by atoms with Crippen molar-refractivity contribution in [2.24, 2.45) is 0 Å². The van der Waals surface area contributed by atoms with Crippen LogP contribution in [0.5, 0.6) is 0 Å². The SMILES string of the molecule is Cc1ccccc1[C@@H]1CNC[C@@]1(C(=O)N1CCOCC1)N(C)C(=O)C(C)(C)c1cc(C(F)(F)F)cc(C(F)(F)F)c1. The molecule has 2 saturated heterocycles. The molecule has 224 valence electrons. The third-order valence-corrected chi connectivity index (χ3v) is 8.30. The number of likely N-dealkylation sites (N-methyl/N-ethyl adjacent to an activating group) is 1. The number of nitrogens with zero attached hydrogens (tertiary/aromatic N) is 2. The highest BCUT2D eigenvalue weighted by molar-refractivity contribution is 5.96. The molecule has 41 heavy (non-hydrogen) atoms. The molecule has 6 nitrogen and oxygen atoms in total. The van der Waals surface area contributed by atoms with Crippen molar-refractivity contribution in [2.45, 2.75) is 50.0 Å². The lowest BCUT2D eigenvalue weighted by atomic mass is 9.75. The van der Waals surface area contributed by atoms with Crippen LogP contribution in [-0.2, 0) is 32.1 Å². The Labute approximate surface area is 234 Å². The van der Waals surface area contributed by atoms with Gasteiger partial charge in [0.25, 0.3) is 5.91 Å². The van der Waals surface area contributed by atoms with Crippen molar-refractivity contribution in [1.82, 2.24) is 15.1 Å². The van der Waals surface area contributed by atoms with E-state index in [0.29, 0.717) is 31.9 Å². The van der Waals surface area contributed by atoms with Gasteiger partial charge in [-0.05, 0) is 55.7 Å². The van der Waals surface area contributed by atoms with Crippen LogP contribution in [0.15, 0.2) is 42.5 Å². The number of morpholine rings is 1. The van der Waals surface area contributed by atoms with Crippen LogP contribution in [0, 0.1) is 6.92 Å². The maximum atomic E-state index is 14.3. The number of ether oxygens (including phenoxy) is 1. The van der Waals surface area contributed by atoms with E-state index in [2.05, 4.69) is 5.32 Å². The number of hydrogen-bond acceptors (Lipinski definition) is 4. The van der Waals surface area contributed by atoms with Crippen molar-refractivity contribution >= 4 is 11.8 Å². The summed E-state index contributed by atoms with van der Waals surface area (Å²) in [5.74, 6) is -1.67. The van der Waals surface area contributed by atoms with E-state index in [9.17, 15) is 35.9 Å². The number of carbonyl (C=O) groups excluding carboxylic acids is 2. The molecule has 4 rings (SSSR count). The predicted molar refractivity (Wildman–Crippen MR) is 139 cm³/mol. The molecule has 0 radical (unpaired) electrons. The molecule has 2 fully saturated rings. The van der Waals surface area contributed by atoms with Crippen molar-refractivity contribution in [3.63, 3.8) is 0 Å². The van der Waals surface area contributed by atoms with Gasteiger partial charge in [-0.3, -0.25) is 9.59 Å². The number of benzene rings is 2. The topological polar surface area (TPSA) is 61.9 Å². The first-order valence-electron chi connectivity index (χ1n) is 13.2. The number of amides is 2. The summed E-state index contributed by atoms with van der Waals surface area (Å²) in [6.45, 7) is 6.00. The third kappa shape index (κ3) is 5.68. The zero-order chi connectivity index (χ0) is 30.4. The van der Waals surface area contributed by atoms with E-state index in [4.69, 9.17) is 4.74 Å². The Morgan fingerprint density at radius 1 is 0.951 bits per heavy atom. The molecule has 2 heterocycles. The van der Waals surface area contributed by atoms with Crippen molar-refractivity contribution in [1.29, 1.82) is 0 Å². The van der Waals surface area contributed by atoms with E-state index in [1.807, 2.05) is 31.2 Å². The zero-order valence-corrected chi connectivity index (χ0v) is 23.2. The number of hydrogen-bond donors (Lipinski definition) is 1. The van der Waals surface area contributed by atoms with Crippen molar-refractivity contribution in [3.05, 3.63) is 70.3 Å². The van der Waals surface area contributed by atoms with Gasteiger partial charge in [0.1, 0.15) is 5.54 Å². The minimum Gasteiger partial charge on any atom is -0.378 e. The molecule has 0 aromatic heterocycles. The van der Waals surface area contributed by atoms with Crippen molar-refractivity contribution in [3.8, 4) is 0 Å². The average molecular weight is 586 g/mol. The number of alkyl halides is 6. The van der Waals surface area contributed by atoms with Crippen LogP contribution in [0.25, 0.3) is 0 Å². The van der Waals surface area contributed by atoms with E-state index in [-0.39, 0.29) is 31.6 Å². The fraction of sp³-hybridized carbons (Fsp3) is 0.517. The van der Waals surface area contributed by atoms with Crippen LogP contribution < -0.4 is 5.32 Å². The molecule has 2 aromatic carbocycles. The summed E-state index contributed by atoms with van der Waals surface area (Å²) >= 11 is 0. The summed E-state index contributed by atoms with van der Waals surface area (Å²) in [5.41, 5.74) is -5.12. The highest BCUT2D eigenvalue weighted by Gasteiger charge is 2.57. The van der Waals surface area contributed by atoms with E-state index in [1.165, 1.54) is 25.8 Å². The van der Waals surface area contributed by atoms with E-state index >= 15 is 0 Å². The van der Waals surface area contributed by atoms with Gasteiger partial charge >= 0.3 is 12.4 Å². The summed E-state index contributed by atoms with van der Waals surface area (Å²) in [6.07, 6.45) is -10.1. The van der Waals surface area contributed by atoms with Crippen LogP contribution in [-0.4, -0.2) is 73.6 Å². The Morgan fingerprint density at radius 2 is 1.49 bits per heavy atom. The summed E-state index contributed by atoms with van der Waals surface area (Å²) < 4.78 is 87.3. The molecular weight excluding hydrogens is 552 g/mol. The lowest BCUT2D eigenvalue weighted by molar-refractivity contribution is -0.157. The Morgan fingerprint density at radius 3 is 2.02 bits per heavy atom. The number of nitrogens with one attached hydrogen (secondary N) is 1. The monoisotopic (exact) mass is 585 g/mol. The summed E-state index contributed by atoms with van der Waals surface area (Å²) in [4.78, 5) is 31.4. The van der Waals surface area contributed by atoms with Crippen LogP contribution in [0.2, 0.25) is 0 Å². The Hall–Kier alpha value is -3.12. The van der Waals surface area contributed by atoms with Crippen LogP contribution in [0.1, 0.15) is 47.6 Å². The van der Waals surface area contributed by atoms with Gasteiger partial charge in [0.2, 0.25) is 5.91 Å². The van der Waals surface area contributed by atoms with Gasteiger partial charge in [0, 0.05) is 39.1 Å². The highest BCUT2D eigenvalue weighted by Crippen LogP contribution is 2.43.